The summed E-state index contributed by atoms with van der Waals surface area (Å²) < 4.78 is 0. The van der Waals surface area contributed by atoms with Gasteiger partial charge in [-0.1, -0.05) is 42.5 Å². The van der Waals surface area contributed by atoms with Crippen LogP contribution in [-0.4, -0.2) is 41.2 Å². The number of carbonyl (C=O) groups is 2. The van der Waals surface area contributed by atoms with Crippen molar-refractivity contribution in [3.05, 3.63) is 71.3 Å². The van der Waals surface area contributed by atoms with E-state index in [1.165, 1.54) is 5.56 Å². The fraction of sp³-hybridized carbons (Fsp3) is 0.391. The Balaban J connectivity index is 1.34. The van der Waals surface area contributed by atoms with Crippen molar-refractivity contribution >= 4 is 11.8 Å². The van der Waals surface area contributed by atoms with Crippen molar-refractivity contribution in [3.8, 4) is 0 Å². The molecule has 4 nitrogen and oxygen atoms in total. The van der Waals surface area contributed by atoms with Gasteiger partial charge in [0.2, 0.25) is 5.91 Å². The van der Waals surface area contributed by atoms with Crippen LogP contribution in [0.3, 0.4) is 0 Å². The molecule has 2 aliphatic rings. The molecule has 0 N–H and O–H groups in total. The molecule has 0 bridgehead atoms. The first-order chi connectivity index (χ1) is 13.2. The Morgan fingerprint density at radius 3 is 2.26 bits per heavy atom. The van der Waals surface area contributed by atoms with E-state index in [0.29, 0.717) is 18.9 Å². The first-order valence-electron chi connectivity index (χ1n) is 9.91. The zero-order valence-corrected chi connectivity index (χ0v) is 15.6. The number of benzene rings is 2. The van der Waals surface area contributed by atoms with Crippen LogP contribution >= 0.6 is 0 Å². The van der Waals surface area contributed by atoms with Crippen LogP contribution in [0.2, 0.25) is 0 Å². The Morgan fingerprint density at radius 1 is 0.926 bits per heavy atom. The van der Waals surface area contributed by atoms with Crippen LogP contribution in [-0.2, 0) is 11.3 Å². The van der Waals surface area contributed by atoms with Crippen LogP contribution in [0.15, 0.2) is 54.6 Å². The molecule has 2 fully saturated rings. The molecule has 2 aliphatic heterocycles. The molecule has 2 heterocycles. The van der Waals surface area contributed by atoms with Crippen molar-refractivity contribution in [3.63, 3.8) is 0 Å². The minimum atomic E-state index is 0.116. The van der Waals surface area contributed by atoms with Crippen molar-refractivity contribution in [2.45, 2.75) is 38.1 Å². The number of likely N-dealkylation sites (tertiary alicyclic amines) is 2. The van der Waals surface area contributed by atoms with Gasteiger partial charge in [0.25, 0.3) is 5.91 Å². The second kappa shape index (κ2) is 7.95. The number of amides is 2. The summed E-state index contributed by atoms with van der Waals surface area (Å²) in [5.41, 5.74) is 3.21. The maximum Gasteiger partial charge on any atom is 0.253 e. The van der Waals surface area contributed by atoms with E-state index in [2.05, 4.69) is 24.3 Å². The average molecular weight is 362 g/mol. The fourth-order valence-corrected chi connectivity index (χ4v) is 4.17. The topological polar surface area (TPSA) is 40.6 Å². The van der Waals surface area contributed by atoms with Gasteiger partial charge >= 0.3 is 0 Å². The Kier molecular flexibility index (Phi) is 5.23. The van der Waals surface area contributed by atoms with Gasteiger partial charge in [0.1, 0.15) is 0 Å². The number of nitrogens with zero attached hydrogens (tertiary/aromatic N) is 2. The van der Waals surface area contributed by atoms with E-state index in [-0.39, 0.29) is 11.8 Å². The minimum Gasteiger partial charge on any atom is -0.339 e. The van der Waals surface area contributed by atoms with Gasteiger partial charge in [0.05, 0.1) is 0 Å². The van der Waals surface area contributed by atoms with Crippen molar-refractivity contribution < 1.29 is 9.59 Å². The standard InChI is InChI=1S/C23H26N2O2/c26-22-7-4-14-25(22)17-18-8-10-21(11-9-18)23(27)24-15-12-20(13-16-24)19-5-2-1-3-6-19/h1-3,5-6,8-11,20H,4,7,12-17H2. The van der Waals surface area contributed by atoms with Gasteiger partial charge in [-0.25, -0.2) is 0 Å². The number of hydrogen-bond acceptors (Lipinski definition) is 2. The number of hydrogen-bond donors (Lipinski definition) is 0. The van der Waals surface area contributed by atoms with Crippen molar-refractivity contribution in [1.29, 1.82) is 0 Å². The molecule has 2 saturated heterocycles. The van der Waals surface area contributed by atoms with Crippen LogP contribution in [0.4, 0.5) is 0 Å². The predicted octanol–water partition coefficient (Wildman–Crippen LogP) is 3.83. The molecule has 0 saturated carbocycles. The molecule has 0 spiro atoms. The lowest BCUT2D eigenvalue weighted by Gasteiger charge is -2.32. The molecule has 2 aromatic carbocycles. The summed E-state index contributed by atoms with van der Waals surface area (Å²) in [5, 5.41) is 0. The van der Waals surface area contributed by atoms with Crippen LogP contribution in [0, 0.1) is 0 Å². The third-order valence-corrected chi connectivity index (χ3v) is 5.80. The SMILES string of the molecule is O=C1CCCN1Cc1ccc(C(=O)N2CCC(c3ccccc3)CC2)cc1. The summed E-state index contributed by atoms with van der Waals surface area (Å²) in [4.78, 5) is 28.4. The predicted molar refractivity (Wildman–Crippen MR) is 105 cm³/mol. The molecule has 2 amide bonds. The quantitative estimate of drug-likeness (QED) is 0.829. The number of piperidine rings is 1. The maximum absolute atomic E-state index is 12.8. The van der Waals surface area contributed by atoms with Gasteiger partial charge in [0, 0.05) is 38.2 Å². The van der Waals surface area contributed by atoms with E-state index >= 15 is 0 Å². The van der Waals surface area contributed by atoms with E-state index in [4.69, 9.17) is 0 Å². The van der Waals surface area contributed by atoms with Gasteiger partial charge in [-0.05, 0) is 48.4 Å². The average Bonchev–Trinajstić information content (AvgIpc) is 3.13. The normalized spacial score (nSPS) is 18.1. The van der Waals surface area contributed by atoms with Gasteiger partial charge < -0.3 is 9.80 Å². The summed E-state index contributed by atoms with van der Waals surface area (Å²) >= 11 is 0. The second-order valence-corrected chi connectivity index (χ2v) is 7.59. The zero-order valence-electron chi connectivity index (χ0n) is 15.6. The van der Waals surface area contributed by atoms with Gasteiger partial charge in [-0.3, -0.25) is 9.59 Å². The lowest BCUT2D eigenvalue weighted by atomic mass is 9.89. The highest BCUT2D eigenvalue weighted by molar-refractivity contribution is 5.94. The third-order valence-electron chi connectivity index (χ3n) is 5.80. The van der Waals surface area contributed by atoms with Crippen molar-refractivity contribution in [1.82, 2.24) is 9.80 Å². The molecule has 0 atom stereocenters. The van der Waals surface area contributed by atoms with Crippen LogP contribution in [0.25, 0.3) is 0 Å². The smallest absolute Gasteiger partial charge is 0.253 e. The molecule has 27 heavy (non-hydrogen) atoms. The second-order valence-electron chi connectivity index (χ2n) is 7.59. The molecule has 0 unspecified atom stereocenters. The van der Waals surface area contributed by atoms with Crippen molar-refractivity contribution in [2.75, 3.05) is 19.6 Å². The van der Waals surface area contributed by atoms with Gasteiger partial charge in [0.15, 0.2) is 0 Å². The summed E-state index contributed by atoms with van der Waals surface area (Å²) in [7, 11) is 0. The summed E-state index contributed by atoms with van der Waals surface area (Å²) in [6.07, 6.45) is 3.65. The van der Waals surface area contributed by atoms with Gasteiger partial charge in [-0.2, -0.15) is 0 Å². The monoisotopic (exact) mass is 362 g/mol. The van der Waals surface area contributed by atoms with Crippen LogP contribution in [0.5, 0.6) is 0 Å². The largest absolute Gasteiger partial charge is 0.339 e. The van der Waals surface area contributed by atoms with Crippen LogP contribution < -0.4 is 0 Å². The number of rotatable bonds is 4. The lowest BCUT2D eigenvalue weighted by Crippen LogP contribution is -2.37. The lowest BCUT2D eigenvalue weighted by molar-refractivity contribution is -0.128. The fourth-order valence-electron chi connectivity index (χ4n) is 4.17. The molecule has 0 aliphatic carbocycles. The first-order valence-corrected chi connectivity index (χ1v) is 9.91. The Labute approximate surface area is 160 Å². The van der Waals surface area contributed by atoms with Crippen LogP contribution in [0.1, 0.15) is 53.1 Å². The van der Waals surface area contributed by atoms with E-state index in [9.17, 15) is 9.59 Å². The highest BCUT2D eigenvalue weighted by Crippen LogP contribution is 2.28. The Bertz CT molecular complexity index is 793. The molecule has 0 radical (unpaired) electrons. The molecule has 4 heteroatoms. The Morgan fingerprint density at radius 2 is 1.63 bits per heavy atom. The number of carbonyl (C=O) groups excluding carboxylic acids is 2. The maximum atomic E-state index is 12.8. The zero-order chi connectivity index (χ0) is 18.6. The molecular formula is C23H26N2O2. The summed E-state index contributed by atoms with van der Waals surface area (Å²) in [5.74, 6) is 0.900. The molecule has 0 aromatic heterocycles. The molecule has 2 aromatic rings. The van der Waals surface area contributed by atoms with Crippen molar-refractivity contribution in [2.24, 2.45) is 0 Å². The Hall–Kier alpha value is -2.62. The highest BCUT2D eigenvalue weighted by Gasteiger charge is 2.25. The van der Waals surface area contributed by atoms with E-state index in [1.54, 1.807) is 0 Å². The van der Waals surface area contributed by atoms with E-state index in [0.717, 1.165) is 50.0 Å². The highest BCUT2D eigenvalue weighted by atomic mass is 16.2. The molecule has 140 valence electrons. The first kappa shape index (κ1) is 17.8. The van der Waals surface area contributed by atoms with E-state index < -0.39 is 0 Å². The van der Waals surface area contributed by atoms with Gasteiger partial charge in [-0.15, -0.1) is 0 Å². The third kappa shape index (κ3) is 4.05. The summed E-state index contributed by atoms with van der Waals surface area (Å²) in [6, 6.07) is 18.4. The van der Waals surface area contributed by atoms with E-state index in [1.807, 2.05) is 40.1 Å². The molecule has 4 rings (SSSR count). The minimum absolute atomic E-state index is 0.116. The summed E-state index contributed by atoms with van der Waals surface area (Å²) in [6.45, 7) is 3.11. The molecular weight excluding hydrogens is 336 g/mol.